The second-order valence-corrected chi connectivity index (χ2v) is 5.80. The van der Waals surface area contributed by atoms with Gasteiger partial charge < -0.3 is 10.1 Å². The lowest BCUT2D eigenvalue weighted by molar-refractivity contribution is 0.456. The van der Waals surface area contributed by atoms with Crippen molar-refractivity contribution in [2.24, 2.45) is 0 Å². The van der Waals surface area contributed by atoms with Gasteiger partial charge >= 0.3 is 0 Å². The van der Waals surface area contributed by atoms with Crippen LogP contribution in [0.15, 0.2) is 29.4 Å². The number of rotatable bonds is 6. The molecular weight excluding hydrogens is 329 g/mol. The van der Waals surface area contributed by atoms with Gasteiger partial charge in [0.25, 0.3) is 0 Å². The molecule has 0 bridgehead atoms. The summed E-state index contributed by atoms with van der Waals surface area (Å²) in [6, 6.07) is 6.81. The van der Waals surface area contributed by atoms with Gasteiger partial charge in [0.15, 0.2) is 5.16 Å². The molecule has 0 spiro atoms. The molecule has 1 heterocycles. The summed E-state index contributed by atoms with van der Waals surface area (Å²) >= 11 is 13.4. The highest BCUT2D eigenvalue weighted by Crippen LogP contribution is 2.32. The third-order valence-electron chi connectivity index (χ3n) is 2.53. The van der Waals surface area contributed by atoms with Crippen LogP contribution in [0, 0.1) is 0 Å². The van der Waals surface area contributed by atoms with E-state index >= 15 is 0 Å². The molecule has 0 aliphatic carbocycles. The molecule has 0 atom stereocenters. The van der Waals surface area contributed by atoms with Gasteiger partial charge in [0.1, 0.15) is 11.6 Å². The molecular formula is C14H15Cl2N3OS. The molecule has 112 valence electrons. The van der Waals surface area contributed by atoms with Gasteiger partial charge in [0.05, 0.1) is 5.02 Å². The quantitative estimate of drug-likeness (QED) is 0.582. The van der Waals surface area contributed by atoms with E-state index in [0.29, 0.717) is 26.8 Å². The van der Waals surface area contributed by atoms with E-state index in [1.807, 2.05) is 6.26 Å². The number of anilines is 1. The molecule has 7 heteroatoms. The molecule has 4 nitrogen and oxygen atoms in total. The molecule has 1 aromatic carbocycles. The van der Waals surface area contributed by atoms with Crippen LogP contribution in [-0.4, -0.2) is 22.8 Å². The Hall–Kier alpha value is -1.17. The number of aromatic nitrogens is 2. The van der Waals surface area contributed by atoms with Crippen molar-refractivity contribution < 1.29 is 4.74 Å². The summed E-state index contributed by atoms with van der Waals surface area (Å²) < 4.78 is 5.73. The van der Waals surface area contributed by atoms with Gasteiger partial charge in [0, 0.05) is 17.6 Å². The van der Waals surface area contributed by atoms with E-state index in [1.54, 1.807) is 24.3 Å². The zero-order valence-electron chi connectivity index (χ0n) is 11.7. The Kier molecular flexibility index (Phi) is 5.96. The van der Waals surface area contributed by atoms with Crippen LogP contribution in [0.5, 0.6) is 11.6 Å². The molecule has 0 amide bonds. The van der Waals surface area contributed by atoms with Gasteiger partial charge in [-0.2, -0.15) is 4.98 Å². The Labute approximate surface area is 138 Å². The van der Waals surface area contributed by atoms with Crippen LogP contribution in [0.25, 0.3) is 0 Å². The lowest BCUT2D eigenvalue weighted by Gasteiger charge is -2.10. The first-order chi connectivity index (χ1) is 10.1. The maximum absolute atomic E-state index is 6.10. The third kappa shape index (κ3) is 4.66. The van der Waals surface area contributed by atoms with Crippen LogP contribution in [0.4, 0.5) is 5.82 Å². The number of benzene rings is 1. The Morgan fingerprint density at radius 1 is 1.24 bits per heavy atom. The van der Waals surface area contributed by atoms with Crippen LogP contribution in [-0.2, 0) is 0 Å². The smallest absolute Gasteiger partial charge is 0.225 e. The monoisotopic (exact) mass is 343 g/mol. The number of nitrogens with one attached hydrogen (secondary N) is 1. The Morgan fingerprint density at radius 3 is 2.71 bits per heavy atom. The summed E-state index contributed by atoms with van der Waals surface area (Å²) in [7, 11) is 0. The highest BCUT2D eigenvalue weighted by atomic mass is 35.5. The summed E-state index contributed by atoms with van der Waals surface area (Å²) in [4.78, 5) is 8.69. The molecule has 0 fully saturated rings. The van der Waals surface area contributed by atoms with Crippen molar-refractivity contribution in [1.29, 1.82) is 0 Å². The van der Waals surface area contributed by atoms with E-state index in [0.717, 1.165) is 18.8 Å². The van der Waals surface area contributed by atoms with Crippen LogP contribution in [0.2, 0.25) is 10.0 Å². The number of nitrogens with zero attached hydrogens (tertiary/aromatic N) is 2. The molecule has 0 aliphatic heterocycles. The number of hydrogen-bond acceptors (Lipinski definition) is 5. The van der Waals surface area contributed by atoms with Crippen molar-refractivity contribution in [3.8, 4) is 11.6 Å². The SMILES string of the molecule is CCCNc1cc(Oc2ccc(Cl)cc2Cl)nc(SC)n1. The molecule has 0 saturated carbocycles. The largest absolute Gasteiger partial charge is 0.437 e. The summed E-state index contributed by atoms with van der Waals surface area (Å²) in [5.41, 5.74) is 0. The number of hydrogen-bond donors (Lipinski definition) is 1. The van der Waals surface area contributed by atoms with Crippen LogP contribution in [0.3, 0.4) is 0 Å². The fourth-order valence-electron chi connectivity index (χ4n) is 1.56. The molecule has 0 unspecified atom stereocenters. The minimum Gasteiger partial charge on any atom is -0.437 e. The maximum atomic E-state index is 6.10. The third-order valence-corrected chi connectivity index (χ3v) is 3.61. The van der Waals surface area contributed by atoms with Gasteiger partial charge in [0.2, 0.25) is 5.88 Å². The number of thioether (sulfide) groups is 1. The van der Waals surface area contributed by atoms with Crippen molar-refractivity contribution in [1.82, 2.24) is 9.97 Å². The lowest BCUT2D eigenvalue weighted by atomic mass is 10.3. The zero-order chi connectivity index (χ0) is 15.2. The summed E-state index contributed by atoms with van der Waals surface area (Å²) in [6.07, 6.45) is 2.93. The van der Waals surface area contributed by atoms with Gasteiger partial charge in [-0.05, 0) is 30.9 Å². The van der Waals surface area contributed by atoms with E-state index in [9.17, 15) is 0 Å². The van der Waals surface area contributed by atoms with E-state index in [1.165, 1.54) is 11.8 Å². The van der Waals surface area contributed by atoms with Gasteiger partial charge in [-0.15, -0.1) is 0 Å². The van der Waals surface area contributed by atoms with Crippen molar-refractivity contribution >= 4 is 40.8 Å². The van der Waals surface area contributed by atoms with Gasteiger partial charge in [-0.1, -0.05) is 41.9 Å². The lowest BCUT2D eigenvalue weighted by Crippen LogP contribution is -2.04. The van der Waals surface area contributed by atoms with E-state index in [4.69, 9.17) is 27.9 Å². The highest BCUT2D eigenvalue weighted by Gasteiger charge is 2.09. The molecule has 2 rings (SSSR count). The Morgan fingerprint density at radius 2 is 2.05 bits per heavy atom. The fourth-order valence-corrected chi connectivity index (χ4v) is 2.38. The summed E-state index contributed by atoms with van der Waals surface area (Å²) in [5, 5.41) is 4.86. The molecule has 21 heavy (non-hydrogen) atoms. The normalized spacial score (nSPS) is 10.5. The first-order valence-corrected chi connectivity index (χ1v) is 8.40. The van der Waals surface area contributed by atoms with Crippen molar-refractivity contribution in [3.63, 3.8) is 0 Å². The maximum Gasteiger partial charge on any atom is 0.225 e. The Bertz CT molecular complexity index is 625. The van der Waals surface area contributed by atoms with Crippen molar-refractivity contribution in [2.75, 3.05) is 18.1 Å². The predicted octanol–water partition coefficient (Wildman–Crippen LogP) is 5.12. The molecule has 1 aromatic heterocycles. The first-order valence-electron chi connectivity index (χ1n) is 6.42. The minimum absolute atomic E-state index is 0.440. The number of halogens is 2. The van der Waals surface area contributed by atoms with E-state index in [-0.39, 0.29) is 0 Å². The molecule has 0 saturated heterocycles. The van der Waals surface area contributed by atoms with Crippen LogP contribution < -0.4 is 10.1 Å². The highest BCUT2D eigenvalue weighted by molar-refractivity contribution is 7.98. The zero-order valence-corrected chi connectivity index (χ0v) is 14.0. The van der Waals surface area contributed by atoms with Gasteiger partial charge in [-0.25, -0.2) is 4.98 Å². The summed E-state index contributed by atoms with van der Waals surface area (Å²) in [6.45, 7) is 2.93. The molecule has 2 aromatic rings. The minimum atomic E-state index is 0.440. The molecule has 1 N–H and O–H groups in total. The summed E-state index contributed by atoms with van der Waals surface area (Å²) in [5.74, 6) is 1.68. The van der Waals surface area contributed by atoms with Gasteiger partial charge in [-0.3, -0.25) is 0 Å². The second kappa shape index (κ2) is 7.73. The number of ether oxygens (including phenoxy) is 1. The van der Waals surface area contributed by atoms with E-state index < -0.39 is 0 Å². The first kappa shape index (κ1) is 16.2. The average molecular weight is 344 g/mol. The average Bonchev–Trinajstić information content (AvgIpc) is 2.48. The van der Waals surface area contributed by atoms with Crippen molar-refractivity contribution in [3.05, 3.63) is 34.3 Å². The van der Waals surface area contributed by atoms with Crippen LogP contribution >= 0.6 is 35.0 Å². The molecule has 0 radical (unpaired) electrons. The van der Waals surface area contributed by atoms with E-state index in [2.05, 4.69) is 22.2 Å². The standard InChI is InChI=1S/C14H15Cl2N3OS/c1-3-6-17-12-8-13(19-14(18-12)21-2)20-11-5-4-9(15)7-10(11)16/h4-5,7-8H,3,6H2,1-2H3,(H,17,18,19). The fraction of sp³-hybridized carbons (Fsp3) is 0.286. The predicted molar refractivity (Wildman–Crippen MR) is 89.1 cm³/mol. The second-order valence-electron chi connectivity index (χ2n) is 4.18. The molecule has 0 aliphatic rings. The van der Waals surface area contributed by atoms with Crippen LogP contribution in [0.1, 0.15) is 13.3 Å². The topological polar surface area (TPSA) is 47.0 Å². The Balaban J connectivity index is 2.25. The van der Waals surface area contributed by atoms with Crippen molar-refractivity contribution in [2.45, 2.75) is 18.5 Å².